The highest BCUT2D eigenvalue weighted by Gasteiger charge is 2.14. The van der Waals surface area contributed by atoms with Crippen LogP contribution in [0.15, 0.2) is 47.6 Å². The highest BCUT2D eigenvalue weighted by molar-refractivity contribution is 7.91. The van der Waals surface area contributed by atoms with Crippen molar-refractivity contribution in [1.29, 1.82) is 0 Å². The van der Waals surface area contributed by atoms with E-state index >= 15 is 0 Å². The number of anilines is 2. The Hall–Kier alpha value is -2.78. The average Bonchev–Trinajstić information content (AvgIpc) is 3.01. The third kappa shape index (κ3) is 4.55. The minimum atomic E-state index is -3.32. The summed E-state index contributed by atoms with van der Waals surface area (Å²) in [5.41, 5.74) is 2.34. The van der Waals surface area contributed by atoms with Crippen LogP contribution in [0.25, 0.3) is 11.4 Å². The van der Waals surface area contributed by atoms with Crippen LogP contribution in [0.1, 0.15) is 12.2 Å². The van der Waals surface area contributed by atoms with Crippen molar-refractivity contribution >= 4 is 21.5 Å². The summed E-state index contributed by atoms with van der Waals surface area (Å²) < 4.78 is 31.5. The molecule has 1 aromatic carbocycles. The lowest BCUT2D eigenvalue weighted by Crippen LogP contribution is -2.09. The van der Waals surface area contributed by atoms with Crippen LogP contribution in [0.4, 0.5) is 11.6 Å². The Morgan fingerprint density at radius 3 is 2.54 bits per heavy atom. The minimum Gasteiger partial charge on any atom is -0.385 e. The summed E-state index contributed by atoms with van der Waals surface area (Å²) in [6.07, 6.45) is 3.90. The molecule has 148 valence electrons. The van der Waals surface area contributed by atoms with Gasteiger partial charge in [0.25, 0.3) is 0 Å². The van der Waals surface area contributed by atoms with Gasteiger partial charge in [0.1, 0.15) is 5.82 Å². The number of rotatable bonds is 8. The molecule has 0 aliphatic rings. The van der Waals surface area contributed by atoms with Crippen LogP contribution in [0.3, 0.4) is 0 Å². The molecule has 0 unspecified atom stereocenters. The Balaban J connectivity index is 1.74. The molecule has 9 heteroatoms. The smallest absolute Gasteiger partial charge is 0.227 e. The lowest BCUT2D eigenvalue weighted by molar-refractivity contribution is 0.199. The second-order valence-electron chi connectivity index (χ2n) is 6.33. The Kier molecular flexibility index (Phi) is 6.05. The van der Waals surface area contributed by atoms with Crippen molar-refractivity contribution in [2.45, 2.75) is 18.2 Å². The number of ether oxygens (including phenoxy) is 1. The van der Waals surface area contributed by atoms with Crippen LogP contribution >= 0.6 is 0 Å². The number of hydrogen-bond donors (Lipinski definition) is 1. The molecule has 0 bridgehead atoms. The van der Waals surface area contributed by atoms with Crippen LogP contribution in [0.5, 0.6) is 0 Å². The largest absolute Gasteiger partial charge is 0.385 e. The molecule has 0 saturated carbocycles. The van der Waals surface area contributed by atoms with Gasteiger partial charge in [0.15, 0.2) is 9.84 Å². The summed E-state index contributed by atoms with van der Waals surface area (Å²) in [5.74, 6) is 1.38. The van der Waals surface area contributed by atoms with Crippen molar-refractivity contribution in [2.75, 3.05) is 24.8 Å². The topological polar surface area (TPSA) is 99.0 Å². The first kappa shape index (κ1) is 20.0. The van der Waals surface area contributed by atoms with E-state index in [1.807, 2.05) is 24.6 Å². The molecule has 8 nitrogen and oxygen atoms in total. The van der Waals surface area contributed by atoms with Gasteiger partial charge in [-0.2, -0.15) is 0 Å². The second-order valence-corrected chi connectivity index (χ2v) is 8.44. The normalized spacial score (nSPS) is 11.5. The molecule has 0 aliphatic heterocycles. The Morgan fingerprint density at radius 2 is 1.89 bits per heavy atom. The van der Waals surface area contributed by atoms with Gasteiger partial charge in [0, 0.05) is 32.6 Å². The number of methoxy groups -OCH3 is 1. The number of aryl methyl sites for hydroxylation is 1. The van der Waals surface area contributed by atoms with Gasteiger partial charge in [0.2, 0.25) is 5.95 Å². The molecular weight excluding hydrogens is 378 g/mol. The van der Waals surface area contributed by atoms with E-state index in [1.165, 1.54) is 0 Å². The molecule has 2 heterocycles. The summed E-state index contributed by atoms with van der Waals surface area (Å²) in [6, 6.07) is 8.38. The van der Waals surface area contributed by atoms with Crippen molar-refractivity contribution < 1.29 is 13.2 Å². The Bertz CT molecular complexity index is 1050. The van der Waals surface area contributed by atoms with E-state index in [2.05, 4.69) is 20.3 Å². The van der Waals surface area contributed by atoms with E-state index in [9.17, 15) is 8.42 Å². The number of imidazole rings is 1. The maximum atomic E-state index is 12.3. The minimum absolute atomic E-state index is 0.0584. The van der Waals surface area contributed by atoms with Crippen molar-refractivity contribution in [2.24, 2.45) is 7.05 Å². The molecule has 0 fully saturated rings. The first-order chi connectivity index (χ1) is 13.4. The molecule has 0 saturated heterocycles. The second kappa shape index (κ2) is 8.49. The van der Waals surface area contributed by atoms with Gasteiger partial charge >= 0.3 is 0 Å². The van der Waals surface area contributed by atoms with Crippen molar-refractivity contribution in [1.82, 2.24) is 19.5 Å². The highest BCUT2D eigenvalue weighted by Crippen LogP contribution is 2.21. The molecule has 3 aromatic rings. The Labute approximate surface area is 164 Å². The molecule has 3 rings (SSSR count). The highest BCUT2D eigenvalue weighted by atomic mass is 32.2. The molecule has 0 radical (unpaired) electrons. The molecule has 2 aromatic heterocycles. The van der Waals surface area contributed by atoms with Gasteiger partial charge in [-0.05, 0) is 43.7 Å². The lowest BCUT2D eigenvalue weighted by Gasteiger charge is -2.09. The zero-order valence-electron chi connectivity index (χ0n) is 16.1. The fraction of sp³-hybridized carbons (Fsp3) is 0.316. The standard InChI is InChI=1S/C19H23N5O3S/c1-14-21-13-18(24(14)2)17-9-10-20-19(23-17)22-15-5-7-16(8-6-15)28(25,26)12-4-11-27-3/h5-10,13H,4,11-12H2,1-3H3,(H,20,22,23). The molecule has 1 N–H and O–H groups in total. The predicted molar refractivity (Wildman–Crippen MR) is 107 cm³/mol. The average molecular weight is 401 g/mol. The van der Waals surface area contributed by atoms with Gasteiger partial charge in [-0.1, -0.05) is 0 Å². The van der Waals surface area contributed by atoms with Crippen molar-refractivity contribution in [3.05, 3.63) is 48.5 Å². The lowest BCUT2D eigenvalue weighted by atomic mass is 10.3. The van der Waals surface area contributed by atoms with Gasteiger partial charge in [-0.15, -0.1) is 0 Å². The monoisotopic (exact) mass is 401 g/mol. The van der Waals surface area contributed by atoms with Gasteiger partial charge < -0.3 is 14.6 Å². The summed E-state index contributed by atoms with van der Waals surface area (Å²) in [5, 5.41) is 3.10. The number of hydrogen-bond acceptors (Lipinski definition) is 7. The fourth-order valence-electron chi connectivity index (χ4n) is 2.69. The quantitative estimate of drug-likeness (QED) is 0.579. The number of nitrogens with one attached hydrogen (secondary N) is 1. The fourth-order valence-corrected chi connectivity index (χ4v) is 3.97. The number of nitrogens with zero attached hydrogens (tertiary/aromatic N) is 4. The van der Waals surface area contributed by atoms with Crippen molar-refractivity contribution in [3.8, 4) is 11.4 Å². The zero-order valence-corrected chi connectivity index (χ0v) is 16.9. The van der Waals surface area contributed by atoms with Crippen LogP contribution < -0.4 is 5.32 Å². The van der Waals surface area contributed by atoms with Gasteiger partial charge in [-0.3, -0.25) is 0 Å². The van der Waals surface area contributed by atoms with E-state index in [0.717, 1.165) is 17.2 Å². The van der Waals surface area contributed by atoms with E-state index < -0.39 is 9.84 Å². The van der Waals surface area contributed by atoms with Crippen molar-refractivity contribution in [3.63, 3.8) is 0 Å². The van der Waals surface area contributed by atoms with E-state index in [-0.39, 0.29) is 10.6 Å². The predicted octanol–water partition coefficient (Wildman–Crippen LogP) is 2.74. The number of sulfone groups is 1. The van der Waals surface area contributed by atoms with E-state index in [4.69, 9.17) is 4.74 Å². The van der Waals surface area contributed by atoms with Gasteiger partial charge in [-0.25, -0.2) is 23.4 Å². The summed E-state index contributed by atoms with van der Waals surface area (Å²) in [4.78, 5) is 13.3. The molecule has 0 atom stereocenters. The Morgan fingerprint density at radius 1 is 1.14 bits per heavy atom. The summed E-state index contributed by atoms with van der Waals surface area (Å²) >= 11 is 0. The molecule has 0 aliphatic carbocycles. The molecule has 28 heavy (non-hydrogen) atoms. The van der Waals surface area contributed by atoms with Crippen LogP contribution in [0.2, 0.25) is 0 Å². The maximum Gasteiger partial charge on any atom is 0.227 e. The van der Waals surface area contributed by atoms with E-state index in [1.54, 1.807) is 43.8 Å². The third-order valence-corrected chi connectivity index (χ3v) is 6.19. The SMILES string of the molecule is COCCCS(=O)(=O)c1ccc(Nc2nccc(-c3cnc(C)n3C)n2)cc1. The van der Waals surface area contributed by atoms with Crippen LogP contribution in [0, 0.1) is 6.92 Å². The summed E-state index contributed by atoms with van der Waals surface area (Å²) in [7, 11) is 0.168. The summed E-state index contributed by atoms with van der Waals surface area (Å²) in [6.45, 7) is 2.34. The van der Waals surface area contributed by atoms with Gasteiger partial charge in [0.05, 0.1) is 28.2 Å². The van der Waals surface area contributed by atoms with E-state index in [0.29, 0.717) is 24.7 Å². The molecule has 0 amide bonds. The number of benzene rings is 1. The third-order valence-electron chi connectivity index (χ3n) is 4.37. The first-order valence-corrected chi connectivity index (χ1v) is 10.5. The molecular formula is C19H23N5O3S. The number of aromatic nitrogens is 4. The maximum absolute atomic E-state index is 12.3. The molecule has 0 spiro atoms. The van der Waals surface area contributed by atoms with Crippen LogP contribution in [-0.2, 0) is 21.6 Å². The van der Waals surface area contributed by atoms with Crippen LogP contribution in [-0.4, -0.2) is 47.4 Å². The first-order valence-electron chi connectivity index (χ1n) is 8.81. The zero-order chi connectivity index (χ0) is 20.1.